The first-order valence-corrected chi connectivity index (χ1v) is 7.12. The molecule has 0 aromatic heterocycles. The number of carbonyl (C=O) groups is 1. The zero-order chi connectivity index (χ0) is 14.3. The smallest absolute Gasteiger partial charge is 0.217 e. The second kappa shape index (κ2) is 7.95. The Kier molecular flexibility index (Phi) is 6.57. The van der Waals surface area contributed by atoms with Crippen LogP contribution >= 0.6 is 0 Å². The zero-order valence-electron chi connectivity index (χ0n) is 12.3. The summed E-state index contributed by atoms with van der Waals surface area (Å²) in [5, 5.41) is 3.47. The van der Waals surface area contributed by atoms with Gasteiger partial charge in [-0.1, -0.05) is 38.1 Å². The average molecular weight is 262 g/mol. The molecule has 1 rings (SSSR count). The van der Waals surface area contributed by atoms with Crippen LogP contribution in [0.3, 0.4) is 0 Å². The van der Waals surface area contributed by atoms with Crippen molar-refractivity contribution in [2.75, 3.05) is 6.54 Å². The summed E-state index contributed by atoms with van der Waals surface area (Å²) < 4.78 is 0. The van der Waals surface area contributed by atoms with Crippen molar-refractivity contribution in [1.29, 1.82) is 0 Å². The SMILES string of the molecule is CC(C)c1ccc(C(C)NCCCCC(N)=O)cc1. The van der Waals surface area contributed by atoms with Crippen molar-refractivity contribution in [2.24, 2.45) is 5.73 Å². The number of benzene rings is 1. The van der Waals surface area contributed by atoms with Gasteiger partial charge in [-0.25, -0.2) is 0 Å². The van der Waals surface area contributed by atoms with Gasteiger partial charge in [-0.2, -0.15) is 0 Å². The minimum Gasteiger partial charge on any atom is -0.370 e. The molecule has 1 atom stereocenters. The van der Waals surface area contributed by atoms with E-state index in [1.54, 1.807) is 0 Å². The van der Waals surface area contributed by atoms with Crippen LogP contribution in [0.25, 0.3) is 0 Å². The fourth-order valence-electron chi connectivity index (χ4n) is 2.03. The highest BCUT2D eigenvalue weighted by Gasteiger charge is 2.05. The predicted molar refractivity (Wildman–Crippen MR) is 80.0 cm³/mol. The lowest BCUT2D eigenvalue weighted by atomic mass is 9.99. The first-order chi connectivity index (χ1) is 9.00. The van der Waals surface area contributed by atoms with Crippen LogP contribution in [0, 0.1) is 0 Å². The van der Waals surface area contributed by atoms with E-state index in [1.165, 1.54) is 11.1 Å². The molecule has 0 fully saturated rings. The van der Waals surface area contributed by atoms with E-state index in [0.29, 0.717) is 18.4 Å². The van der Waals surface area contributed by atoms with Crippen molar-refractivity contribution in [3.05, 3.63) is 35.4 Å². The van der Waals surface area contributed by atoms with Gasteiger partial charge in [-0.3, -0.25) is 4.79 Å². The second-order valence-corrected chi connectivity index (χ2v) is 5.42. The molecule has 0 bridgehead atoms. The normalized spacial score (nSPS) is 12.6. The van der Waals surface area contributed by atoms with Crippen molar-refractivity contribution < 1.29 is 4.79 Å². The highest BCUT2D eigenvalue weighted by atomic mass is 16.1. The average Bonchev–Trinajstić information content (AvgIpc) is 2.37. The van der Waals surface area contributed by atoms with E-state index in [9.17, 15) is 4.79 Å². The van der Waals surface area contributed by atoms with Crippen molar-refractivity contribution in [2.45, 2.75) is 52.0 Å². The summed E-state index contributed by atoms with van der Waals surface area (Å²) in [6, 6.07) is 9.12. The van der Waals surface area contributed by atoms with Crippen LogP contribution in [-0.2, 0) is 4.79 Å². The largest absolute Gasteiger partial charge is 0.370 e. The van der Waals surface area contributed by atoms with Crippen LogP contribution in [-0.4, -0.2) is 12.5 Å². The molecule has 0 saturated carbocycles. The molecule has 0 spiro atoms. The van der Waals surface area contributed by atoms with Gasteiger partial charge in [0.2, 0.25) is 5.91 Å². The summed E-state index contributed by atoms with van der Waals surface area (Å²) in [4.78, 5) is 10.6. The van der Waals surface area contributed by atoms with Crippen LogP contribution in [0.5, 0.6) is 0 Å². The Morgan fingerprint density at radius 2 is 1.68 bits per heavy atom. The molecule has 3 nitrogen and oxygen atoms in total. The number of nitrogens with two attached hydrogens (primary N) is 1. The van der Waals surface area contributed by atoms with E-state index in [-0.39, 0.29) is 5.91 Å². The van der Waals surface area contributed by atoms with E-state index in [0.717, 1.165) is 19.4 Å². The molecule has 0 aliphatic heterocycles. The van der Waals surface area contributed by atoms with Gasteiger partial charge in [-0.05, 0) is 43.4 Å². The monoisotopic (exact) mass is 262 g/mol. The fraction of sp³-hybridized carbons (Fsp3) is 0.562. The second-order valence-electron chi connectivity index (χ2n) is 5.42. The number of nitrogens with one attached hydrogen (secondary N) is 1. The van der Waals surface area contributed by atoms with Gasteiger partial charge in [0, 0.05) is 12.5 Å². The first-order valence-electron chi connectivity index (χ1n) is 7.12. The number of unbranched alkanes of at least 4 members (excludes halogenated alkanes) is 1. The number of primary amides is 1. The molecule has 0 aliphatic carbocycles. The molecular weight excluding hydrogens is 236 g/mol. The zero-order valence-corrected chi connectivity index (χ0v) is 12.3. The number of rotatable bonds is 8. The summed E-state index contributed by atoms with van der Waals surface area (Å²) in [6.07, 6.45) is 2.33. The molecule has 0 heterocycles. The van der Waals surface area contributed by atoms with Crippen LogP contribution in [0.15, 0.2) is 24.3 Å². The Hall–Kier alpha value is -1.35. The van der Waals surface area contributed by atoms with Gasteiger partial charge >= 0.3 is 0 Å². The van der Waals surface area contributed by atoms with Gasteiger partial charge in [0.15, 0.2) is 0 Å². The molecule has 19 heavy (non-hydrogen) atoms. The van der Waals surface area contributed by atoms with Crippen LogP contribution < -0.4 is 11.1 Å². The number of amides is 1. The molecule has 106 valence electrons. The predicted octanol–water partition coefficient (Wildman–Crippen LogP) is 3.12. The number of hydrogen-bond acceptors (Lipinski definition) is 2. The Labute approximate surface area is 116 Å². The highest BCUT2D eigenvalue weighted by molar-refractivity contribution is 5.73. The van der Waals surface area contributed by atoms with E-state index < -0.39 is 0 Å². The van der Waals surface area contributed by atoms with Crippen molar-refractivity contribution >= 4 is 5.91 Å². The summed E-state index contributed by atoms with van der Waals surface area (Å²) in [5.74, 6) is 0.364. The minimum atomic E-state index is -0.211. The van der Waals surface area contributed by atoms with Crippen molar-refractivity contribution in [1.82, 2.24) is 5.32 Å². The topological polar surface area (TPSA) is 55.1 Å². The van der Waals surface area contributed by atoms with Gasteiger partial charge in [-0.15, -0.1) is 0 Å². The molecule has 1 aromatic carbocycles. The molecular formula is C16H26N2O. The van der Waals surface area contributed by atoms with E-state index >= 15 is 0 Å². The summed E-state index contributed by atoms with van der Waals surface area (Å²) in [5.41, 5.74) is 7.78. The Balaban J connectivity index is 2.32. The third-order valence-corrected chi connectivity index (χ3v) is 3.40. The Bertz CT molecular complexity index is 384. The van der Waals surface area contributed by atoms with Gasteiger partial charge in [0.25, 0.3) is 0 Å². The van der Waals surface area contributed by atoms with Gasteiger partial charge < -0.3 is 11.1 Å². The fourth-order valence-corrected chi connectivity index (χ4v) is 2.03. The lowest BCUT2D eigenvalue weighted by molar-refractivity contribution is -0.118. The van der Waals surface area contributed by atoms with Crippen LogP contribution in [0.2, 0.25) is 0 Å². The number of carbonyl (C=O) groups excluding carboxylic acids is 1. The van der Waals surface area contributed by atoms with Crippen molar-refractivity contribution in [3.63, 3.8) is 0 Å². The molecule has 0 radical (unpaired) electrons. The number of hydrogen-bond donors (Lipinski definition) is 2. The van der Waals surface area contributed by atoms with Gasteiger partial charge in [0.1, 0.15) is 0 Å². The van der Waals surface area contributed by atoms with E-state index in [1.807, 2.05) is 0 Å². The summed E-state index contributed by atoms with van der Waals surface area (Å²) in [6.45, 7) is 7.49. The van der Waals surface area contributed by atoms with Gasteiger partial charge in [0.05, 0.1) is 0 Å². The molecule has 1 unspecified atom stereocenters. The van der Waals surface area contributed by atoms with Crippen molar-refractivity contribution in [3.8, 4) is 0 Å². The summed E-state index contributed by atoms with van der Waals surface area (Å²) in [7, 11) is 0. The lowest BCUT2D eigenvalue weighted by Crippen LogP contribution is -2.20. The molecule has 1 aromatic rings. The quantitative estimate of drug-likeness (QED) is 0.707. The third kappa shape index (κ3) is 5.88. The molecule has 0 aliphatic rings. The lowest BCUT2D eigenvalue weighted by Gasteiger charge is -2.15. The minimum absolute atomic E-state index is 0.211. The standard InChI is InChI=1S/C16H26N2O/c1-12(2)14-7-9-15(10-8-14)13(3)18-11-5-4-6-16(17)19/h7-10,12-13,18H,4-6,11H2,1-3H3,(H2,17,19). The maximum Gasteiger partial charge on any atom is 0.217 e. The maximum absolute atomic E-state index is 10.6. The van der Waals surface area contributed by atoms with E-state index in [2.05, 4.69) is 50.4 Å². The molecule has 3 N–H and O–H groups in total. The molecule has 0 saturated heterocycles. The van der Waals surface area contributed by atoms with Crippen LogP contribution in [0.1, 0.15) is 63.1 Å². The van der Waals surface area contributed by atoms with Crippen LogP contribution in [0.4, 0.5) is 0 Å². The Morgan fingerprint density at radius 3 is 2.21 bits per heavy atom. The highest BCUT2D eigenvalue weighted by Crippen LogP contribution is 2.18. The molecule has 3 heteroatoms. The summed E-state index contributed by atoms with van der Waals surface area (Å²) >= 11 is 0. The maximum atomic E-state index is 10.6. The Morgan fingerprint density at radius 1 is 1.11 bits per heavy atom. The van der Waals surface area contributed by atoms with E-state index in [4.69, 9.17) is 5.73 Å². The first kappa shape index (κ1) is 15.7. The molecule has 1 amide bonds. The third-order valence-electron chi connectivity index (χ3n) is 3.40.